The summed E-state index contributed by atoms with van der Waals surface area (Å²) in [7, 11) is 0. The lowest BCUT2D eigenvalue weighted by Gasteiger charge is -2.03. The molecule has 0 aliphatic carbocycles. The minimum atomic E-state index is -0.283. The molecular formula is C17H18N2O2. The number of amides is 1. The number of benzene rings is 2. The van der Waals surface area contributed by atoms with Crippen LogP contribution in [0.1, 0.15) is 29.3 Å². The minimum absolute atomic E-state index is 0.133. The van der Waals surface area contributed by atoms with Crippen molar-refractivity contribution >= 4 is 11.6 Å². The number of nitrogens with one attached hydrogen (secondary N) is 1. The summed E-state index contributed by atoms with van der Waals surface area (Å²) in [5.41, 5.74) is 5.10. The highest BCUT2D eigenvalue weighted by Gasteiger charge is 2.04. The van der Waals surface area contributed by atoms with Crippen molar-refractivity contribution < 1.29 is 9.90 Å². The van der Waals surface area contributed by atoms with Crippen LogP contribution in [0.15, 0.2) is 59.7 Å². The van der Waals surface area contributed by atoms with Crippen molar-refractivity contribution in [3.05, 3.63) is 65.7 Å². The summed E-state index contributed by atoms with van der Waals surface area (Å²) >= 11 is 0. The Morgan fingerprint density at radius 1 is 1.10 bits per heavy atom. The van der Waals surface area contributed by atoms with E-state index in [-0.39, 0.29) is 11.7 Å². The third kappa shape index (κ3) is 4.76. The summed E-state index contributed by atoms with van der Waals surface area (Å²) in [6.07, 6.45) is 1.69. The Bertz CT molecular complexity index is 619. The molecule has 108 valence electrons. The predicted octanol–water partition coefficient (Wildman–Crippen LogP) is 3.13. The first kappa shape index (κ1) is 14.8. The summed E-state index contributed by atoms with van der Waals surface area (Å²) in [5.74, 6) is -0.150. The van der Waals surface area contributed by atoms with E-state index in [9.17, 15) is 9.90 Å². The lowest BCUT2D eigenvalue weighted by Crippen LogP contribution is -2.19. The van der Waals surface area contributed by atoms with Crippen LogP contribution in [0.3, 0.4) is 0 Å². The highest BCUT2D eigenvalue weighted by molar-refractivity contribution is 5.95. The van der Waals surface area contributed by atoms with Gasteiger partial charge in [-0.1, -0.05) is 30.3 Å². The molecule has 0 unspecified atom stereocenters. The van der Waals surface area contributed by atoms with Gasteiger partial charge >= 0.3 is 0 Å². The van der Waals surface area contributed by atoms with Crippen LogP contribution in [0.2, 0.25) is 0 Å². The van der Waals surface area contributed by atoms with Gasteiger partial charge in [0, 0.05) is 11.3 Å². The third-order valence-corrected chi connectivity index (χ3v) is 3.10. The van der Waals surface area contributed by atoms with Gasteiger partial charge in [-0.05, 0) is 49.6 Å². The fraction of sp³-hybridized carbons (Fsp3) is 0.176. The van der Waals surface area contributed by atoms with Gasteiger partial charge in [0.15, 0.2) is 0 Å². The molecule has 2 aromatic carbocycles. The summed E-state index contributed by atoms with van der Waals surface area (Å²) in [5, 5.41) is 13.3. The Morgan fingerprint density at radius 2 is 1.76 bits per heavy atom. The van der Waals surface area contributed by atoms with Gasteiger partial charge in [-0.3, -0.25) is 4.79 Å². The largest absolute Gasteiger partial charge is 0.508 e. The Balaban J connectivity index is 1.85. The number of hydrogen-bond donors (Lipinski definition) is 2. The molecule has 1 amide bonds. The zero-order valence-electron chi connectivity index (χ0n) is 11.9. The zero-order valence-corrected chi connectivity index (χ0v) is 11.9. The molecule has 0 aliphatic heterocycles. The summed E-state index contributed by atoms with van der Waals surface area (Å²) in [6.45, 7) is 1.89. The smallest absolute Gasteiger partial charge is 0.271 e. The number of aromatic hydroxyl groups is 1. The molecule has 0 radical (unpaired) electrons. The van der Waals surface area contributed by atoms with E-state index in [0.29, 0.717) is 5.56 Å². The van der Waals surface area contributed by atoms with Crippen LogP contribution in [0.25, 0.3) is 0 Å². The van der Waals surface area contributed by atoms with Crippen LogP contribution in [0.5, 0.6) is 5.75 Å². The van der Waals surface area contributed by atoms with Crippen LogP contribution >= 0.6 is 0 Å². The van der Waals surface area contributed by atoms with E-state index in [1.807, 2.05) is 25.1 Å². The number of nitrogens with zero attached hydrogens (tertiary/aromatic N) is 1. The normalized spacial score (nSPS) is 11.2. The molecular weight excluding hydrogens is 264 g/mol. The highest BCUT2D eigenvalue weighted by atomic mass is 16.3. The van der Waals surface area contributed by atoms with E-state index in [4.69, 9.17) is 0 Å². The van der Waals surface area contributed by atoms with Gasteiger partial charge in [0.1, 0.15) is 5.75 Å². The second-order valence-electron chi connectivity index (χ2n) is 4.82. The molecule has 0 aromatic heterocycles. The van der Waals surface area contributed by atoms with Gasteiger partial charge in [-0.15, -0.1) is 0 Å². The van der Waals surface area contributed by atoms with Crippen molar-refractivity contribution in [3.63, 3.8) is 0 Å². The number of phenols is 1. The maximum Gasteiger partial charge on any atom is 0.271 e. The first-order valence-corrected chi connectivity index (χ1v) is 6.81. The van der Waals surface area contributed by atoms with Crippen LogP contribution in [-0.4, -0.2) is 16.7 Å². The van der Waals surface area contributed by atoms with E-state index < -0.39 is 0 Å². The van der Waals surface area contributed by atoms with Crippen molar-refractivity contribution in [2.75, 3.05) is 0 Å². The van der Waals surface area contributed by atoms with Crippen LogP contribution in [0.4, 0.5) is 0 Å². The zero-order chi connectivity index (χ0) is 15.1. The van der Waals surface area contributed by atoms with E-state index in [1.165, 1.54) is 17.7 Å². The minimum Gasteiger partial charge on any atom is -0.508 e. The van der Waals surface area contributed by atoms with Crippen molar-refractivity contribution in [2.45, 2.75) is 19.8 Å². The van der Waals surface area contributed by atoms with Crippen molar-refractivity contribution in [2.24, 2.45) is 5.10 Å². The van der Waals surface area contributed by atoms with Crippen molar-refractivity contribution in [1.29, 1.82) is 0 Å². The Morgan fingerprint density at radius 3 is 2.43 bits per heavy atom. The number of hydrogen-bond acceptors (Lipinski definition) is 3. The van der Waals surface area contributed by atoms with Gasteiger partial charge in [-0.2, -0.15) is 5.10 Å². The SMILES string of the molecule is CC(CCc1ccccc1)=NNC(=O)c1ccc(O)cc1. The molecule has 0 saturated carbocycles. The number of carbonyl (C=O) groups excluding carboxylic acids is 1. The molecule has 2 rings (SSSR count). The monoisotopic (exact) mass is 282 g/mol. The summed E-state index contributed by atoms with van der Waals surface area (Å²) < 4.78 is 0. The topological polar surface area (TPSA) is 61.7 Å². The second kappa shape index (κ2) is 7.24. The van der Waals surface area contributed by atoms with Crippen LogP contribution in [-0.2, 0) is 6.42 Å². The molecule has 2 aromatic rings. The molecule has 0 atom stereocenters. The van der Waals surface area contributed by atoms with Crippen LogP contribution in [0, 0.1) is 0 Å². The van der Waals surface area contributed by atoms with Gasteiger partial charge in [0.05, 0.1) is 0 Å². The number of carbonyl (C=O) groups is 1. The third-order valence-electron chi connectivity index (χ3n) is 3.10. The maximum absolute atomic E-state index is 11.8. The van der Waals surface area contributed by atoms with Gasteiger partial charge < -0.3 is 5.11 Å². The summed E-state index contributed by atoms with van der Waals surface area (Å²) in [4.78, 5) is 11.8. The van der Waals surface area contributed by atoms with Crippen LogP contribution < -0.4 is 5.43 Å². The molecule has 21 heavy (non-hydrogen) atoms. The number of aryl methyl sites for hydroxylation is 1. The predicted molar refractivity (Wildman–Crippen MR) is 83.4 cm³/mol. The maximum atomic E-state index is 11.8. The lowest BCUT2D eigenvalue weighted by molar-refractivity contribution is 0.0954. The van der Waals surface area contributed by atoms with E-state index in [0.717, 1.165) is 18.6 Å². The molecule has 2 N–H and O–H groups in total. The average molecular weight is 282 g/mol. The molecule has 4 nitrogen and oxygen atoms in total. The fourth-order valence-corrected chi connectivity index (χ4v) is 1.85. The van der Waals surface area contributed by atoms with E-state index in [1.54, 1.807) is 12.1 Å². The van der Waals surface area contributed by atoms with E-state index in [2.05, 4.69) is 22.7 Å². The second-order valence-corrected chi connectivity index (χ2v) is 4.82. The molecule has 4 heteroatoms. The molecule has 0 aliphatic rings. The Kier molecular flexibility index (Phi) is 5.10. The van der Waals surface area contributed by atoms with E-state index >= 15 is 0 Å². The standard InChI is InChI=1S/C17H18N2O2/c1-13(7-8-14-5-3-2-4-6-14)18-19-17(21)15-9-11-16(20)12-10-15/h2-6,9-12,20H,7-8H2,1H3,(H,19,21). The molecule has 0 saturated heterocycles. The number of rotatable bonds is 5. The molecule has 0 fully saturated rings. The average Bonchev–Trinajstić information content (AvgIpc) is 2.52. The summed E-state index contributed by atoms with van der Waals surface area (Å²) in [6, 6.07) is 16.2. The lowest BCUT2D eigenvalue weighted by atomic mass is 10.1. The van der Waals surface area contributed by atoms with Gasteiger partial charge in [0.25, 0.3) is 5.91 Å². The fourth-order valence-electron chi connectivity index (χ4n) is 1.85. The van der Waals surface area contributed by atoms with Gasteiger partial charge in [-0.25, -0.2) is 5.43 Å². The molecule has 0 bridgehead atoms. The van der Waals surface area contributed by atoms with Crippen molar-refractivity contribution in [1.82, 2.24) is 5.43 Å². The van der Waals surface area contributed by atoms with Crippen molar-refractivity contribution in [3.8, 4) is 5.75 Å². The van der Waals surface area contributed by atoms with Gasteiger partial charge in [0.2, 0.25) is 0 Å². The Hall–Kier alpha value is -2.62. The highest BCUT2D eigenvalue weighted by Crippen LogP contribution is 2.09. The quantitative estimate of drug-likeness (QED) is 0.653. The first-order chi connectivity index (χ1) is 10.1. The number of hydrazone groups is 1. The first-order valence-electron chi connectivity index (χ1n) is 6.81. The molecule has 0 spiro atoms. The molecule has 0 heterocycles. The number of phenolic OH excluding ortho intramolecular Hbond substituents is 1. The Labute approximate surface area is 124 Å².